The summed E-state index contributed by atoms with van der Waals surface area (Å²) >= 11 is 6.04. The van der Waals surface area contributed by atoms with E-state index in [4.69, 9.17) is 26.1 Å². The van der Waals surface area contributed by atoms with Gasteiger partial charge in [-0.15, -0.1) is 0 Å². The first-order valence-corrected chi connectivity index (χ1v) is 13.0. The van der Waals surface area contributed by atoms with Crippen molar-refractivity contribution in [1.82, 2.24) is 18.9 Å². The molecule has 1 aliphatic rings. The zero-order chi connectivity index (χ0) is 25.9. The summed E-state index contributed by atoms with van der Waals surface area (Å²) in [5.41, 5.74) is 0.874. The predicted octanol–water partition coefficient (Wildman–Crippen LogP) is 5.64. The van der Waals surface area contributed by atoms with E-state index in [0.29, 0.717) is 48.6 Å². The fourth-order valence-electron chi connectivity index (χ4n) is 4.35. The van der Waals surface area contributed by atoms with E-state index in [9.17, 15) is 9.59 Å². The van der Waals surface area contributed by atoms with Crippen molar-refractivity contribution in [3.05, 3.63) is 51.9 Å². The fraction of sp³-hybridized carbons (Fsp3) is 0.519. The number of amides is 1. The Morgan fingerprint density at radius 2 is 1.94 bits per heavy atom. The summed E-state index contributed by atoms with van der Waals surface area (Å²) < 4.78 is 15.3. The number of nitrogens with zero attached hydrogens (tertiary/aromatic N) is 4. The summed E-state index contributed by atoms with van der Waals surface area (Å²) in [6.07, 6.45) is 5.39. The number of aromatic nitrogens is 3. The van der Waals surface area contributed by atoms with E-state index in [1.807, 2.05) is 49.6 Å². The maximum atomic E-state index is 13.0. The normalized spacial score (nSPS) is 16.0. The summed E-state index contributed by atoms with van der Waals surface area (Å²) in [6.45, 7) is 10.1. The van der Waals surface area contributed by atoms with Crippen LogP contribution in [0.3, 0.4) is 0 Å². The lowest BCUT2D eigenvalue weighted by atomic mass is 10.1. The number of unbranched alkanes of at least 4 members (excludes halogenated alkanes) is 2. The van der Waals surface area contributed by atoms with E-state index in [0.717, 1.165) is 31.2 Å². The van der Waals surface area contributed by atoms with Crippen molar-refractivity contribution in [3.63, 3.8) is 0 Å². The van der Waals surface area contributed by atoms with E-state index < -0.39 is 5.60 Å². The van der Waals surface area contributed by atoms with Crippen LogP contribution in [0.25, 0.3) is 17.0 Å². The zero-order valence-electron chi connectivity index (χ0n) is 21.5. The van der Waals surface area contributed by atoms with Crippen LogP contribution in [-0.4, -0.2) is 50.2 Å². The van der Waals surface area contributed by atoms with E-state index in [-0.39, 0.29) is 17.6 Å². The molecule has 1 unspecified atom stereocenters. The Balaban J connectivity index is 1.55. The number of carbonyl (C=O) groups excluding carboxylic acids is 1. The molecule has 9 heteroatoms. The van der Waals surface area contributed by atoms with E-state index >= 15 is 0 Å². The highest BCUT2D eigenvalue weighted by atomic mass is 35.5. The van der Waals surface area contributed by atoms with Gasteiger partial charge in [-0.25, -0.2) is 9.78 Å². The number of likely N-dealkylation sites (tertiary alicyclic amines) is 1. The summed E-state index contributed by atoms with van der Waals surface area (Å²) in [5, 5.41) is 0.648. The number of fused-ring (bicyclic) bond motifs is 1. The first-order chi connectivity index (χ1) is 17.1. The number of carbonyl (C=O) groups is 1. The smallest absolute Gasteiger partial charge is 0.410 e. The highest BCUT2D eigenvalue weighted by Gasteiger charge is 2.30. The lowest BCUT2D eigenvalue weighted by Gasteiger charge is -2.24. The number of aryl methyl sites for hydroxylation is 1. The molecule has 0 N–H and O–H groups in total. The lowest BCUT2D eigenvalue weighted by Crippen LogP contribution is -2.35. The van der Waals surface area contributed by atoms with Gasteiger partial charge in [-0.3, -0.25) is 13.8 Å². The van der Waals surface area contributed by atoms with Crippen LogP contribution in [0.2, 0.25) is 5.02 Å². The van der Waals surface area contributed by atoms with Crippen LogP contribution >= 0.6 is 11.6 Å². The Morgan fingerprint density at radius 3 is 2.64 bits per heavy atom. The van der Waals surface area contributed by atoms with Crippen molar-refractivity contribution in [1.29, 1.82) is 0 Å². The molecule has 36 heavy (non-hydrogen) atoms. The first-order valence-electron chi connectivity index (χ1n) is 12.6. The summed E-state index contributed by atoms with van der Waals surface area (Å²) in [5.74, 6) is 1.23. The Morgan fingerprint density at radius 1 is 1.19 bits per heavy atom. The topological polar surface area (TPSA) is 78.1 Å². The molecule has 0 saturated carbocycles. The standard InChI is InChI=1S/C27H35ClN4O4/c1-5-6-7-13-31-24(35-18-19-12-14-30(16-19)26(34)36-27(2,3)4)15-23(33)32-17-22(29-25(31)32)20-8-10-21(28)11-9-20/h8-11,15,17,19H,5-7,12-14,16,18H2,1-4H3. The first kappa shape index (κ1) is 26.1. The van der Waals surface area contributed by atoms with Gasteiger partial charge in [0.2, 0.25) is 11.7 Å². The van der Waals surface area contributed by atoms with Gasteiger partial charge in [0.25, 0.3) is 5.56 Å². The average molecular weight is 515 g/mol. The Labute approximate surface area is 216 Å². The van der Waals surface area contributed by atoms with Gasteiger partial charge in [-0.05, 0) is 45.7 Å². The second-order valence-corrected chi connectivity index (χ2v) is 10.8. The van der Waals surface area contributed by atoms with E-state index in [1.165, 1.54) is 6.07 Å². The zero-order valence-corrected chi connectivity index (χ0v) is 22.3. The Hall–Kier alpha value is -3.00. The number of ether oxygens (including phenoxy) is 2. The highest BCUT2D eigenvalue weighted by molar-refractivity contribution is 6.30. The monoisotopic (exact) mass is 514 g/mol. The van der Waals surface area contributed by atoms with Crippen molar-refractivity contribution < 1.29 is 14.3 Å². The van der Waals surface area contributed by atoms with Crippen LogP contribution < -0.4 is 10.3 Å². The van der Waals surface area contributed by atoms with Crippen LogP contribution in [0, 0.1) is 5.92 Å². The molecular formula is C27H35ClN4O4. The molecule has 0 spiro atoms. The molecule has 2 aromatic heterocycles. The van der Waals surface area contributed by atoms with Crippen molar-refractivity contribution in [2.45, 2.75) is 65.5 Å². The van der Waals surface area contributed by atoms with Gasteiger partial charge in [0.15, 0.2) is 0 Å². The minimum absolute atomic E-state index is 0.164. The van der Waals surface area contributed by atoms with Crippen LogP contribution in [-0.2, 0) is 11.3 Å². The van der Waals surface area contributed by atoms with Crippen molar-refractivity contribution in [2.75, 3.05) is 19.7 Å². The molecule has 1 aliphatic heterocycles. The minimum atomic E-state index is -0.523. The van der Waals surface area contributed by atoms with Crippen molar-refractivity contribution >= 4 is 23.5 Å². The lowest BCUT2D eigenvalue weighted by molar-refractivity contribution is 0.0284. The summed E-state index contributed by atoms with van der Waals surface area (Å²) in [4.78, 5) is 31.9. The van der Waals surface area contributed by atoms with Gasteiger partial charge >= 0.3 is 6.09 Å². The molecule has 1 saturated heterocycles. The number of halogens is 1. The van der Waals surface area contributed by atoms with Crippen LogP contribution in [0.15, 0.2) is 41.3 Å². The molecule has 1 aromatic carbocycles. The van der Waals surface area contributed by atoms with Crippen molar-refractivity contribution in [2.24, 2.45) is 5.92 Å². The number of imidazole rings is 1. The molecular weight excluding hydrogens is 480 g/mol. The van der Waals surface area contributed by atoms with Gasteiger partial charge < -0.3 is 14.4 Å². The van der Waals surface area contributed by atoms with Crippen molar-refractivity contribution in [3.8, 4) is 17.1 Å². The third kappa shape index (κ3) is 6.22. The third-order valence-electron chi connectivity index (χ3n) is 6.21. The van der Waals surface area contributed by atoms with Crippen LogP contribution in [0.4, 0.5) is 4.79 Å². The molecule has 0 bridgehead atoms. The Bertz CT molecular complexity index is 1260. The molecule has 4 rings (SSSR count). The predicted molar refractivity (Wildman–Crippen MR) is 141 cm³/mol. The number of benzene rings is 1. The SMILES string of the molecule is CCCCCn1c(OCC2CCN(C(=O)OC(C)(C)C)C2)cc(=O)n2cc(-c3ccc(Cl)cc3)nc12. The van der Waals surface area contributed by atoms with Gasteiger partial charge in [0.1, 0.15) is 5.60 Å². The maximum Gasteiger partial charge on any atom is 0.410 e. The van der Waals surface area contributed by atoms with Crippen LogP contribution in [0.1, 0.15) is 53.4 Å². The second-order valence-electron chi connectivity index (χ2n) is 10.4. The summed E-state index contributed by atoms with van der Waals surface area (Å²) in [6, 6.07) is 8.94. The maximum absolute atomic E-state index is 13.0. The van der Waals surface area contributed by atoms with E-state index in [2.05, 4.69) is 6.92 Å². The molecule has 1 amide bonds. The molecule has 3 aromatic rings. The van der Waals surface area contributed by atoms with Gasteiger partial charge in [-0.1, -0.05) is 43.5 Å². The van der Waals surface area contributed by atoms with Crippen LogP contribution in [0.5, 0.6) is 5.88 Å². The third-order valence-corrected chi connectivity index (χ3v) is 6.46. The average Bonchev–Trinajstić information content (AvgIpc) is 3.47. The second kappa shape index (κ2) is 10.9. The molecule has 0 aliphatic carbocycles. The number of hydrogen-bond donors (Lipinski definition) is 0. The largest absolute Gasteiger partial charge is 0.478 e. The van der Waals surface area contributed by atoms with Gasteiger partial charge in [0.05, 0.1) is 18.4 Å². The number of rotatable bonds is 8. The number of hydrogen-bond acceptors (Lipinski definition) is 5. The molecule has 194 valence electrons. The van der Waals surface area contributed by atoms with Gasteiger partial charge in [0, 0.05) is 42.3 Å². The highest BCUT2D eigenvalue weighted by Crippen LogP contribution is 2.25. The Kier molecular flexibility index (Phi) is 7.93. The van der Waals surface area contributed by atoms with Gasteiger partial charge in [-0.2, -0.15) is 0 Å². The molecule has 8 nitrogen and oxygen atoms in total. The minimum Gasteiger partial charge on any atom is -0.478 e. The molecule has 1 fully saturated rings. The molecule has 3 heterocycles. The molecule has 0 radical (unpaired) electrons. The quantitative estimate of drug-likeness (QED) is 0.363. The molecule has 1 atom stereocenters. The summed E-state index contributed by atoms with van der Waals surface area (Å²) in [7, 11) is 0. The van der Waals surface area contributed by atoms with E-state index in [1.54, 1.807) is 15.5 Å². The fourth-order valence-corrected chi connectivity index (χ4v) is 4.47.